The molecule has 0 saturated carbocycles. The lowest BCUT2D eigenvalue weighted by molar-refractivity contribution is 0.0930. The Hall–Kier alpha value is -1.24. The first-order chi connectivity index (χ1) is 9.61. The summed E-state index contributed by atoms with van der Waals surface area (Å²) in [6.07, 6.45) is 1.95. The van der Waals surface area contributed by atoms with Gasteiger partial charge in [-0.1, -0.05) is 19.4 Å². The molecule has 20 heavy (non-hydrogen) atoms. The van der Waals surface area contributed by atoms with Gasteiger partial charge in [0.05, 0.1) is 12.1 Å². The monoisotopic (exact) mass is 309 g/mol. The maximum atomic E-state index is 12.3. The van der Waals surface area contributed by atoms with Crippen molar-refractivity contribution in [3.63, 3.8) is 0 Å². The molecule has 0 aromatic carbocycles. The summed E-state index contributed by atoms with van der Waals surface area (Å²) in [5.74, 6) is -0.125. The van der Waals surface area contributed by atoms with Crippen molar-refractivity contribution >= 4 is 28.6 Å². The molecule has 4 nitrogen and oxygen atoms in total. The van der Waals surface area contributed by atoms with E-state index in [9.17, 15) is 4.79 Å². The number of rotatable bonds is 6. The first kappa shape index (κ1) is 15.2. The third-order valence-electron chi connectivity index (χ3n) is 2.91. The highest BCUT2D eigenvalue weighted by Gasteiger charge is 2.18. The standard InChI is InChI=1S/C14H19N3OS2/c1-3-5-10(12-6-4-7-19-12)16-13(18)11-8-20-14(17-11)9(2)15/h4,6-10H,3,5,15H2,1-2H3,(H,16,18). The summed E-state index contributed by atoms with van der Waals surface area (Å²) in [5.41, 5.74) is 6.23. The number of nitrogens with two attached hydrogens (primary N) is 1. The quantitative estimate of drug-likeness (QED) is 0.858. The Morgan fingerprint density at radius 2 is 2.30 bits per heavy atom. The highest BCUT2D eigenvalue weighted by molar-refractivity contribution is 7.10. The van der Waals surface area contributed by atoms with Gasteiger partial charge in [0.25, 0.3) is 5.91 Å². The van der Waals surface area contributed by atoms with Crippen molar-refractivity contribution in [1.29, 1.82) is 0 Å². The van der Waals surface area contributed by atoms with Crippen molar-refractivity contribution in [2.24, 2.45) is 5.73 Å². The predicted molar refractivity (Wildman–Crippen MR) is 84.2 cm³/mol. The number of carbonyl (C=O) groups is 1. The average Bonchev–Trinajstić information content (AvgIpc) is 3.09. The molecule has 2 aromatic heterocycles. The molecule has 2 atom stereocenters. The summed E-state index contributed by atoms with van der Waals surface area (Å²) in [4.78, 5) is 17.7. The first-order valence-corrected chi connectivity index (χ1v) is 8.43. The fraction of sp³-hybridized carbons (Fsp3) is 0.429. The number of hydrogen-bond donors (Lipinski definition) is 2. The number of nitrogens with zero attached hydrogens (tertiary/aromatic N) is 1. The Kier molecular flexibility index (Phi) is 5.28. The van der Waals surface area contributed by atoms with Crippen molar-refractivity contribution in [1.82, 2.24) is 10.3 Å². The van der Waals surface area contributed by atoms with E-state index >= 15 is 0 Å². The minimum atomic E-state index is -0.134. The van der Waals surface area contributed by atoms with Gasteiger partial charge in [-0.3, -0.25) is 4.79 Å². The van der Waals surface area contributed by atoms with Crippen LogP contribution in [0, 0.1) is 0 Å². The number of aromatic nitrogens is 1. The van der Waals surface area contributed by atoms with Crippen LogP contribution in [0.5, 0.6) is 0 Å². The molecule has 0 radical (unpaired) electrons. The normalized spacial score (nSPS) is 13.9. The molecule has 108 valence electrons. The van der Waals surface area contributed by atoms with Crippen LogP contribution in [0.2, 0.25) is 0 Å². The van der Waals surface area contributed by atoms with E-state index in [-0.39, 0.29) is 18.0 Å². The molecular formula is C14H19N3OS2. The molecule has 6 heteroatoms. The molecule has 3 N–H and O–H groups in total. The lowest BCUT2D eigenvalue weighted by Crippen LogP contribution is -2.28. The summed E-state index contributed by atoms with van der Waals surface area (Å²) in [5, 5.41) is 7.65. The van der Waals surface area contributed by atoms with Gasteiger partial charge in [-0.2, -0.15) is 0 Å². The van der Waals surface area contributed by atoms with Crippen LogP contribution < -0.4 is 11.1 Å². The van der Waals surface area contributed by atoms with E-state index in [0.717, 1.165) is 17.8 Å². The Bertz CT molecular complexity index is 549. The van der Waals surface area contributed by atoms with Gasteiger partial charge in [-0.15, -0.1) is 22.7 Å². The largest absolute Gasteiger partial charge is 0.343 e. The van der Waals surface area contributed by atoms with Gasteiger partial charge in [0, 0.05) is 10.3 Å². The lowest BCUT2D eigenvalue weighted by atomic mass is 10.1. The van der Waals surface area contributed by atoms with Crippen LogP contribution in [-0.4, -0.2) is 10.9 Å². The van der Waals surface area contributed by atoms with Gasteiger partial charge in [0.2, 0.25) is 0 Å². The highest BCUT2D eigenvalue weighted by Crippen LogP contribution is 2.24. The van der Waals surface area contributed by atoms with Crippen LogP contribution in [0.15, 0.2) is 22.9 Å². The number of amides is 1. The second-order valence-corrected chi connectivity index (χ2v) is 6.56. The second kappa shape index (κ2) is 6.97. The molecule has 0 fully saturated rings. The van der Waals surface area contributed by atoms with Gasteiger partial charge >= 0.3 is 0 Å². The Balaban J connectivity index is 2.07. The summed E-state index contributed by atoms with van der Waals surface area (Å²) in [6, 6.07) is 3.99. The fourth-order valence-corrected chi connectivity index (χ4v) is 3.47. The molecular weight excluding hydrogens is 290 g/mol. The maximum absolute atomic E-state index is 12.3. The van der Waals surface area contributed by atoms with Gasteiger partial charge < -0.3 is 11.1 Å². The molecule has 0 aliphatic rings. The molecule has 0 spiro atoms. The van der Waals surface area contributed by atoms with Gasteiger partial charge in [-0.25, -0.2) is 4.98 Å². The number of hydrogen-bond acceptors (Lipinski definition) is 5. The zero-order valence-electron chi connectivity index (χ0n) is 11.6. The number of carbonyl (C=O) groups excluding carboxylic acids is 1. The van der Waals surface area contributed by atoms with E-state index < -0.39 is 0 Å². The first-order valence-electron chi connectivity index (χ1n) is 6.67. The van der Waals surface area contributed by atoms with E-state index in [0.29, 0.717) is 5.69 Å². The molecule has 0 bridgehead atoms. The SMILES string of the molecule is CCCC(NC(=O)c1csc(C(C)N)n1)c1cccs1. The molecule has 0 aliphatic heterocycles. The van der Waals surface area contributed by atoms with Crippen molar-refractivity contribution in [2.45, 2.75) is 38.8 Å². The summed E-state index contributed by atoms with van der Waals surface area (Å²) in [7, 11) is 0. The Morgan fingerprint density at radius 1 is 1.50 bits per heavy atom. The minimum Gasteiger partial charge on any atom is -0.343 e. The van der Waals surface area contributed by atoms with Crippen LogP contribution in [0.4, 0.5) is 0 Å². The number of nitrogens with one attached hydrogen (secondary N) is 1. The number of thiophene rings is 1. The zero-order chi connectivity index (χ0) is 14.5. The predicted octanol–water partition coefficient (Wildman–Crippen LogP) is 3.50. The van der Waals surface area contributed by atoms with Gasteiger partial charge in [0.1, 0.15) is 10.7 Å². The maximum Gasteiger partial charge on any atom is 0.271 e. The topological polar surface area (TPSA) is 68.0 Å². The van der Waals surface area contributed by atoms with Crippen LogP contribution >= 0.6 is 22.7 Å². The van der Waals surface area contributed by atoms with Gasteiger partial charge in [0.15, 0.2) is 0 Å². The third kappa shape index (κ3) is 3.65. The van der Waals surface area contributed by atoms with Crippen molar-refractivity contribution in [2.75, 3.05) is 0 Å². The second-order valence-electron chi connectivity index (χ2n) is 4.69. The van der Waals surface area contributed by atoms with E-state index in [1.807, 2.05) is 18.4 Å². The molecule has 2 unspecified atom stereocenters. The van der Waals surface area contributed by atoms with E-state index in [4.69, 9.17) is 5.73 Å². The van der Waals surface area contributed by atoms with E-state index in [1.54, 1.807) is 16.7 Å². The summed E-state index contributed by atoms with van der Waals surface area (Å²) >= 11 is 3.10. The van der Waals surface area contributed by atoms with Crippen molar-refractivity contribution in [3.05, 3.63) is 38.5 Å². The van der Waals surface area contributed by atoms with Crippen molar-refractivity contribution < 1.29 is 4.79 Å². The van der Waals surface area contributed by atoms with Crippen LogP contribution in [0.25, 0.3) is 0 Å². The van der Waals surface area contributed by atoms with Crippen LogP contribution in [0.1, 0.15) is 59.1 Å². The summed E-state index contributed by atoms with van der Waals surface area (Å²) < 4.78 is 0. The average molecular weight is 309 g/mol. The zero-order valence-corrected chi connectivity index (χ0v) is 13.3. The molecule has 1 amide bonds. The molecule has 2 rings (SSSR count). The lowest BCUT2D eigenvalue weighted by Gasteiger charge is -2.15. The van der Waals surface area contributed by atoms with Crippen molar-refractivity contribution in [3.8, 4) is 0 Å². The third-order valence-corrected chi connectivity index (χ3v) is 4.95. The molecule has 2 heterocycles. The van der Waals surface area contributed by atoms with E-state index in [2.05, 4.69) is 23.3 Å². The minimum absolute atomic E-state index is 0.0629. The molecule has 0 aliphatic carbocycles. The number of thiazole rings is 1. The Labute approximate surface area is 127 Å². The Morgan fingerprint density at radius 3 is 2.85 bits per heavy atom. The van der Waals surface area contributed by atoms with E-state index in [1.165, 1.54) is 16.2 Å². The highest BCUT2D eigenvalue weighted by atomic mass is 32.1. The van der Waals surface area contributed by atoms with Gasteiger partial charge in [-0.05, 0) is 24.8 Å². The smallest absolute Gasteiger partial charge is 0.271 e. The molecule has 2 aromatic rings. The summed E-state index contributed by atoms with van der Waals surface area (Å²) in [6.45, 7) is 3.98. The molecule has 0 saturated heterocycles. The van der Waals surface area contributed by atoms with Crippen LogP contribution in [-0.2, 0) is 0 Å². The van der Waals surface area contributed by atoms with Crippen LogP contribution in [0.3, 0.4) is 0 Å². The fourth-order valence-electron chi connectivity index (χ4n) is 1.90.